The Balaban J connectivity index is 2.23. The summed E-state index contributed by atoms with van der Waals surface area (Å²) in [4.78, 5) is 8.96. The summed E-state index contributed by atoms with van der Waals surface area (Å²) in [5.41, 5.74) is 1.05. The smallest absolute Gasteiger partial charge is 0.235 e. The molecule has 2 rings (SSSR count). The molecule has 4 nitrogen and oxygen atoms in total. The van der Waals surface area contributed by atoms with Crippen LogP contribution in [0.4, 0.5) is 0 Å². The summed E-state index contributed by atoms with van der Waals surface area (Å²) in [5, 5.41) is 3.51. The maximum absolute atomic E-state index is 5.45. The molecular weight excluding hydrogens is 262 g/mol. The van der Waals surface area contributed by atoms with E-state index in [-0.39, 0.29) is 0 Å². The Bertz CT molecular complexity index is 436. The van der Waals surface area contributed by atoms with Gasteiger partial charge in [0.2, 0.25) is 5.88 Å². The van der Waals surface area contributed by atoms with Crippen molar-refractivity contribution in [3.8, 4) is 5.88 Å². The van der Waals surface area contributed by atoms with E-state index in [1.807, 2.05) is 0 Å². The fourth-order valence-corrected chi connectivity index (χ4v) is 3.53. The van der Waals surface area contributed by atoms with Crippen molar-refractivity contribution in [1.82, 2.24) is 15.3 Å². The van der Waals surface area contributed by atoms with E-state index in [1.165, 1.54) is 19.3 Å². The molecule has 21 heavy (non-hydrogen) atoms. The number of nitrogens with one attached hydrogen (secondary N) is 1. The zero-order chi connectivity index (χ0) is 15.2. The van der Waals surface area contributed by atoms with E-state index in [9.17, 15) is 0 Å². The molecule has 1 aliphatic rings. The van der Waals surface area contributed by atoms with Gasteiger partial charge in [0.15, 0.2) is 0 Å². The molecule has 0 amide bonds. The molecule has 3 unspecified atom stereocenters. The highest BCUT2D eigenvalue weighted by molar-refractivity contribution is 5.23. The molecule has 0 bridgehead atoms. The first-order valence-electron chi connectivity index (χ1n) is 8.22. The minimum atomic E-state index is 0.453. The molecule has 1 aromatic rings. The van der Waals surface area contributed by atoms with Crippen LogP contribution in [0, 0.1) is 17.8 Å². The molecule has 1 saturated carbocycles. The van der Waals surface area contributed by atoms with Crippen molar-refractivity contribution >= 4 is 0 Å². The van der Waals surface area contributed by atoms with Crippen LogP contribution in [0.15, 0.2) is 12.4 Å². The molecular formula is C17H29N3O. The molecule has 0 spiro atoms. The molecule has 1 aliphatic carbocycles. The highest BCUT2D eigenvalue weighted by Crippen LogP contribution is 2.44. The van der Waals surface area contributed by atoms with E-state index >= 15 is 0 Å². The van der Waals surface area contributed by atoms with Crippen LogP contribution in [0.3, 0.4) is 0 Å². The van der Waals surface area contributed by atoms with Gasteiger partial charge in [-0.2, -0.15) is 0 Å². The van der Waals surface area contributed by atoms with Crippen molar-refractivity contribution in [2.75, 3.05) is 20.2 Å². The molecule has 118 valence electrons. The topological polar surface area (TPSA) is 47.0 Å². The van der Waals surface area contributed by atoms with Gasteiger partial charge in [0.05, 0.1) is 7.11 Å². The third-order valence-electron chi connectivity index (χ3n) is 4.87. The second-order valence-electron chi connectivity index (χ2n) is 6.44. The first-order valence-corrected chi connectivity index (χ1v) is 8.22. The lowest BCUT2D eigenvalue weighted by molar-refractivity contribution is 0.185. The quantitative estimate of drug-likeness (QED) is 0.874. The highest BCUT2D eigenvalue weighted by Gasteiger charge is 2.35. The molecule has 1 fully saturated rings. The summed E-state index contributed by atoms with van der Waals surface area (Å²) in [6, 6.07) is 0. The molecule has 0 aliphatic heterocycles. The predicted octanol–water partition coefficient (Wildman–Crippen LogP) is 3.25. The monoisotopic (exact) mass is 291 g/mol. The average molecular weight is 291 g/mol. The largest absolute Gasteiger partial charge is 0.480 e. The number of aromatic nitrogens is 2. The van der Waals surface area contributed by atoms with Crippen molar-refractivity contribution in [2.24, 2.45) is 17.8 Å². The van der Waals surface area contributed by atoms with Crippen LogP contribution >= 0.6 is 0 Å². The van der Waals surface area contributed by atoms with Gasteiger partial charge in [-0.1, -0.05) is 20.8 Å². The molecule has 1 N–H and O–H groups in total. The molecule has 3 atom stereocenters. The second-order valence-corrected chi connectivity index (χ2v) is 6.44. The number of ether oxygens (including phenoxy) is 1. The Morgan fingerprint density at radius 3 is 2.71 bits per heavy atom. The van der Waals surface area contributed by atoms with E-state index in [0.717, 1.165) is 30.6 Å². The number of hydrogen-bond acceptors (Lipinski definition) is 4. The number of nitrogens with zero attached hydrogens (tertiary/aromatic N) is 2. The van der Waals surface area contributed by atoms with Crippen LogP contribution < -0.4 is 10.1 Å². The molecule has 4 heteroatoms. The number of hydrogen-bond donors (Lipinski definition) is 1. The van der Waals surface area contributed by atoms with Gasteiger partial charge in [0, 0.05) is 18.3 Å². The molecule has 0 radical (unpaired) electrons. The summed E-state index contributed by atoms with van der Waals surface area (Å²) < 4.78 is 5.45. The standard InChI is InChI=1S/C17H29N3O/c1-5-18-11-14-7-6-13(12(2)3)10-15(14)16-17(21-4)20-9-8-19-16/h8-9,12-15,18H,5-7,10-11H2,1-4H3. The van der Waals surface area contributed by atoms with E-state index < -0.39 is 0 Å². The van der Waals surface area contributed by atoms with Gasteiger partial charge in [-0.15, -0.1) is 0 Å². The Morgan fingerprint density at radius 2 is 2.05 bits per heavy atom. The van der Waals surface area contributed by atoms with E-state index in [4.69, 9.17) is 4.74 Å². The normalized spacial score (nSPS) is 26.0. The molecule has 0 aromatic carbocycles. The maximum Gasteiger partial charge on any atom is 0.235 e. The predicted molar refractivity (Wildman–Crippen MR) is 85.5 cm³/mol. The van der Waals surface area contributed by atoms with Crippen LogP contribution in [0.5, 0.6) is 5.88 Å². The van der Waals surface area contributed by atoms with Crippen molar-refractivity contribution in [3.05, 3.63) is 18.1 Å². The van der Waals surface area contributed by atoms with Gasteiger partial charge in [-0.25, -0.2) is 4.98 Å². The number of methoxy groups -OCH3 is 1. The van der Waals surface area contributed by atoms with Crippen LogP contribution in [0.25, 0.3) is 0 Å². The zero-order valence-electron chi connectivity index (χ0n) is 13.8. The third-order valence-corrected chi connectivity index (χ3v) is 4.87. The van der Waals surface area contributed by atoms with E-state index in [2.05, 4.69) is 36.1 Å². The lowest BCUT2D eigenvalue weighted by atomic mass is 9.69. The fourth-order valence-electron chi connectivity index (χ4n) is 3.53. The van der Waals surface area contributed by atoms with E-state index in [1.54, 1.807) is 19.5 Å². The summed E-state index contributed by atoms with van der Waals surface area (Å²) in [6.07, 6.45) is 7.29. The van der Waals surface area contributed by atoms with Gasteiger partial charge >= 0.3 is 0 Å². The first kappa shape index (κ1) is 16.2. The van der Waals surface area contributed by atoms with E-state index in [0.29, 0.717) is 17.7 Å². The Hall–Kier alpha value is -1.16. The minimum Gasteiger partial charge on any atom is -0.480 e. The van der Waals surface area contributed by atoms with Crippen molar-refractivity contribution < 1.29 is 4.74 Å². The third kappa shape index (κ3) is 3.94. The van der Waals surface area contributed by atoms with Gasteiger partial charge in [-0.05, 0) is 50.1 Å². The van der Waals surface area contributed by atoms with Gasteiger partial charge in [0.1, 0.15) is 5.69 Å². The van der Waals surface area contributed by atoms with Crippen LogP contribution in [0.1, 0.15) is 51.6 Å². The van der Waals surface area contributed by atoms with Crippen molar-refractivity contribution in [3.63, 3.8) is 0 Å². The molecule has 0 saturated heterocycles. The molecule has 1 heterocycles. The van der Waals surface area contributed by atoms with Gasteiger partial charge < -0.3 is 10.1 Å². The molecule has 1 aromatic heterocycles. The summed E-state index contributed by atoms with van der Waals surface area (Å²) in [5.74, 6) is 3.29. The lowest BCUT2D eigenvalue weighted by Crippen LogP contribution is -2.33. The van der Waals surface area contributed by atoms with Crippen LogP contribution in [-0.2, 0) is 0 Å². The van der Waals surface area contributed by atoms with Gasteiger partial charge in [0.25, 0.3) is 0 Å². The number of rotatable bonds is 6. The zero-order valence-corrected chi connectivity index (χ0v) is 13.8. The summed E-state index contributed by atoms with van der Waals surface area (Å²) >= 11 is 0. The Labute approximate surface area is 128 Å². The first-order chi connectivity index (χ1) is 10.2. The van der Waals surface area contributed by atoms with Crippen LogP contribution in [-0.4, -0.2) is 30.2 Å². The fraction of sp³-hybridized carbons (Fsp3) is 0.765. The van der Waals surface area contributed by atoms with Gasteiger partial charge in [-0.3, -0.25) is 4.98 Å². The summed E-state index contributed by atoms with van der Waals surface area (Å²) in [6.45, 7) is 8.91. The SMILES string of the molecule is CCNCC1CCC(C(C)C)CC1c1nccnc1OC. The minimum absolute atomic E-state index is 0.453. The maximum atomic E-state index is 5.45. The second kappa shape index (κ2) is 7.74. The Kier molecular flexibility index (Phi) is 5.97. The van der Waals surface area contributed by atoms with Crippen molar-refractivity contribution in [2.45, 2.75) is 46.0 Å². The average Bonchev–Trinajstić information content (AvgIpc) is 2.52. The van der Waals surface area contributed by atoms with Crippen LogP contribution in [0.2, 0.25) is 0 Å². The highest BCUT2D eigenvalue weighted by atomic mass is 16.5. The summed E-state index contributed by atoms with van der Waals surface area (Å²) in [7, 11) is 1.69. The lowest BCUT2D eigenvalue weighted by Gasteiger charge is -2.38. The van der Waals surface area contributed by atoms with Crippen molar-refractivity contribution in [1.29, 1.82) is 0 Å². The Morgan fingerprint density at radius 1 is 1.29 bits per heavy atom.